The summed E-state index contributed by atoms with van der Waals surface area (Å²) >= 11 is 0. The molecule has 0 bridgehead atoms. The van der Waals surface area contributed by atoms with Crippen molar-refractivity contribution in [3.8, 4) is 5.75 Å². The Labute approximate surface area is 136 Å². The summed E-state index contributed by atoms with van der Waals surface area (Å²) in [6.07, 6.45) is 1.95. The predicted molar refractivity (Wildman–Crippen MR) is 93.6 cm³/mol. The fourth-order valence-corrected chi connectivity index (χ4v) is 2.82. The first-order valence-corrected chi connectivity index (χ1v) is 8.11. The lowest BCUT2D eigenvalue weighted by molar-refractivity contribution is 0.0627. The van der Waals surface area contributed by atoms with E-state index < -0.39 is 0 Å². The van der Waals surface area contributed by atoms with Crippen molar-refractivity contribution in [1.29, 1.82) is 0 Å². The minimum atomic E-state index is 0.0126. The van der Waals surface area contributed by atoms with Gasteiger partial charge in [-0.05, 0) is 57.7 Å². The Bertz CT molecular complexity index is 463. The summed E-state index contributed by atoms with van der Waals surface area (Å²) in [5, 5.41) is 9.76. The highest BCUT2D eigenvalue weighted by atomic mass is 16.5. The second-order valence-corrected chi connectivity index (χ2v) is 7.74. The first kappa shape index (κ1) is 19.0. The maximum absolute atomic E-state index is 9.76. The number of aliphatic hydroxyl groups excluding tert-OH is 1. The molecule has 0 radical (unpaired) electrons. The molecule has 0 fully saturated rings. The topological polar surface area (TPSA) is 32.7 Å². The average molecular weight is 307 g/mol. The molecule has 1 rings (SSSR count). The molecule has 1 atom stereocenters. The second kappa shape index (κ2) is 7.47. The Morgan fingerprint density at radius 1 is 1.14 bits per heavy atom. The molecular weight excluding hydrogens is 274 g/mol. The van der Waals surface area contributed by atoms with Crippen LogP contribution < -0.4 is 4.74 Å². The van der Waals surface area contributed by atoms with E-state index in [0.717, 1.165) is 18.6 Å². The van der Waals surface area contributed by atoms with Crippen molar-refractivity contribution in [2.45, 2.75) is 64.5 Å². The van der Waals surface area contributed by atoms with Gasteiger partial charge in [-0.2, -0.15) is 0 Å². The number of para-hydroxylation sites is 1. The standard InChI is InChI=1S/C19H33NO2/c1-18(2,3)20(6)15(14-21)12-13-19(4,5)16-10-8-9-11-17(16)22-7/h8-11,15,21H,12-14H2,1-7H3/t15-/m1/s1. The monoisotopic (exact) mass is 307 g/mol. The molecule has 3 nitrogen and oxygen atoms in total. The first-order chi connectivity index (χ1) is 10.1. The highest BCUT2D eigenvalue weighted by Gasteiger charge is 2.29. The van der Waals surface area contributed by atoms with Crippen LogP contribution in [0.2, 0.25) is 0 Å². The highest BCUT2D eigenvalue weighted by Crippen LogP contribution is 2.36. The third-order valence-corrected chi connectivity index (χ3v) is 4.76. The molecule has 22 heavy (non-hydrogen) atoms. The van der Waals surface area contributed by atoms with Gasteiger partial charge >= 0.3 is 0 Å². The average Bonchev–Trinajstić information content (AvgIpc) is 2.46. The van der Waals surface area contributed by atoms with Crippen molar-refractivity contribution >= 4 is 0 Å². The zero-order chi connectivity index (χ0) is 17.0. The van der Waals surface area contributed by atoms with Gasteiger partial charge in [0.1, 0.15) is 5.75 Å². The third kappa shape index (κ3) is 4.72. The summed E-state index contributed by atoms with van der Waals surface area (Å²) in [4.78, 5) is 2.27. The van der Waals surface area contributed by atoms with E-state index in [0.29, 0.717) is 0 Å². The third-order valence-electron chi connectivity index (χ3n) is 4.76. The highest BCUT2D eigenvalue weighted by molar-refractivity contribution is 5.38. The molecule has 0 aromatic heterocycles. The van der Waals surface area contributed by atoms with Crippen LogP contribution >= 0.6 is 0 Å². The molecule has 1 aromatic carbocycles. The van der Waals surface area contributed by atoms with Gasteiger partial charge in [0, 0.05) is 11.6 Å². The fraction of sp³-hybridized carbons (Fsp3) is 0.684. The molecule has 0 unspecified atom stereocenters. The van der Waals surface area contributed by atoms with E-state index in [9.17, 15) is 5.11 Å². The largest absolute Gasteiger partial charge is 0.496 e. The maximum atomic E-state index is 9.76. The van der Waals surface area contributed by atoms with Crippen LogP contribution in [0.25, 0.3) is 0 Å². The van der Waals surface area contributed by atoms with E-state index in [4.69, 9.17) is 4.74 Å². The van der Waals surface area contributed by atoms with Crippen LogP contribution in [0.4, 0.5) is 0 Å². The molecule has 0 saturated heterocycles. The van der Waals surface area contributed by atoms with Crippen molar-refractivity contribution in [2.75, 3.05) is 20.8 Å². The van der Waals surface area contributed by atoms with Crippen molar-refractivity contribution in [1.82, 2.24) is 4.90 Å². The van der Waals surface area contributed by atoms with Crippen molar-refractivity contribution < 1.29 is 9.84 Å². The number of rotatable bonds is 7. The lowest BCUT2D eigenvalue weighted by atomic mass is 9.79. The number of methoxy groups -OCH3 is 1. The Morgan fingerprint density at radius 2 is 1.73 bits per heavy atom. The molecule has 0 heterocycles. The van der Waals surface area contributed by atoms with E-state index >= 15 is 0 Å². The van der Waals surface area contributed by atoms with E-state index in [2.05, 4.69) is 58.7 Å². The number of likely N-dealkylation sites (N-methyl/N-ethyl adjacent to an activating group) is 1. The minimum absolute atomic E-state index is 0.0126. The second-order valence-electron chi connectivity index (χ2n) is 7.74. The number of ether oxygens (including phenoxy) is 1. The smallest absolute Gasteiger partial charge is 0.122 e. The number of aliphatic hydroxyl groups is 1. The van der Waals surface area contributed by atoms with Crippen LogP contribution in [-0.2, 0) is 5.41 Å². The predicted octanol–water partition coefficient (Wildman–Crippen LogP) is 3.84. The van der Waals surface area contributed by atoms with Crippen LogP contribution in [0.15, 0.2) is 24.3 Å². The molecule has 1 aromatic rings. The van der Waals surface area contributed by atoms with Crippen molar-refractivity contribution in [3.63, 3.8) is 0 Å². The molecule has 3 heteroatoms. The Kier molecular flexibility index (Phi) is 6.45. The zero-order valence-corrected chi connectivity index (χ0v) is 15.3. The van der Waals surface area contributed by atoms with Gasteiger partial charge in [0.25, 0.3) is 0 Å². The van der Waals surface area contributed by atoms with Crippen LogP contribution in [-0.4, -0.2) is 42.4 Å². The van der Waals surface area contributed by atoms with E-state index in [1.807, 2.05) is 12.1 Å². The van der Waals surface area contributed by atoms with Crippen LogP contribution in [0.1, 0.15) is 53.0 Å². The van der Waals surface area contributed by atoms with Crippen molar-refractivity contribution in [3.05, 3.63) is 29.8 Å². The molecule has 0 spiro atoms. The summed E-state index contributed by atoms with van der Waals surface area (Å²) in [6.45, 7) is 11.2. The van der Waals surface area contributed by atoms with Gasteiger partial charge in [-0.25, -0.2) is 0 Å². The first-order valence-electron chi connectivity index (χ1n) is 8.11. The lowest BCUT2D eigenvalue weighted by Gasteiger charge is -2.39. The molecular formula is C19H33NO2. The Morgan fingerprint density at radius 3 is 2.23 bits per heavy atom. The quantitative estimate of drug-likeness (QED) is 0.830. The summed E-state index contributed by atoms with van der Waals surface area (Å²) in [5.41, 5.74) is 1.30. The molecule has 0 aliphatic carbocycles. The minimum Gasteiger partial charge on any atom is -0.496 e. The number of hydrogen-bond acceptors (Lipinski definition) is 3. The molecule has 0 aliphatic rings. The fourth-order valence-electron chi connectivity index (χ4n) is 2.82. The van der Waals surface area contributed by atoms with Crippen molar-refractivity contribution in [2.24, 2.45) is 0 Å². The number of benzene rings is 1. The molecule has 0 saturated carbocycles. The van der Waals surface area contributed by atoms with E-state index in [-0.39, 0.29) is 23.6 Å². The molecule has 0 aliphatic heterocycles. The molecule has 1 N–H and O–H groups in total. The zero-order valence-electron chi connectivity index (χ0n) is 15.3. The van der Waals surface area contributed by atoms with Gasteiger partial charge in [0.2, 0.25) is 0 Å². The summed E-state index contributed by atoms with van der Waals surface area (Å²) < 4.78 is 5.51. The normalized spacial score (nSPS) is 14.2. The maximum Gasteiger partial charge on any atom is 0.122 e. The SMILES string of the molecule is COc1ccccc1C(C)(C)CC[C@H](CO)N(C)C(C)(C)C. The van der Waals surface area contributed by atoms with Gasteiger partial charge in [-0.3, -0.25) is 4.90 Å². The van der Waals surface area contributed by atoms with Gasteiger partial charge in [-0.1, -0.05) is 32.0 Å². The summed E-state index contributed by atoms with van der Waals surface area (Å²) in [6, 6.07) is 8.39. The van der Waals surface area contributed by atoms with Crippen LogP contribution in [0.3, 0.4) is 0 Å². The van der Waals surface area contributed by atoms with Gasteiger partial charge in [0.15, 0.2) is 0 Å². The number of hydrogen-bond donors (Lipinski definition) is 1. The van der Waals surface area contributed by atoms with Gasteiger partial charge < -0.3 is 9.84 Å². The van der Waals surface area contributed by atoms with E-state index in [1.165, 1.54) is 5.56 Å². The van der Waals surface area contributed by atoms with E-state index in [1.54, 1.807) is 7.11 Å². The molecule has 126 valence electrons. The van der Waals surface area contributed by atoms with Gasteiger partial charge in [-0.15, -0.1) is 0 Å². The van der Waals surface area contributed by atoms with Crippen LogP contribution in [0.5, 0.6) is 5.75 Å². The molecule has 0 amide bonds. The lowest BCUT2D eigenvalue weighted by Crippen LogP contribution is -2.47. The number of nitrogens with zero attached hydrogens (tertiary/aromatic N) is 1. The van der Waals surface area contributed by atoms with Gasteiger partial charge in [0.05, 0.1) is 13.7 Å². The van der Waals surface area contributed by atoms with Crippen LogP contribution in [0, 0.1) is 0 Å². The summed E-state index contributed by atoms with van der Waals surface area (Å²) in [5.74, 6) is 0.942. The Hall–Kier alpha value is -1.06. The Balaban J connectivity index is 2.84. The summed E-state index contributed by atoms with van der Waals surface area (Å²) in [7, 11) is 3.82.